The van der Waals surface area contributed by atoms with E-state index in [0.717, 1.165) is 30.2 Å². The first kappa shape index (κ1) is 20.1. The number of likely N-dealkylation sites (tertiary alicyclic amines) is 1. The Hall–Kier alpha value is -3.81. The fourth-order valence-corrected chi connectivity index (χ4v) is 4.43. The van der Waals surface area contributed by atoms with Crippen molar-refractivity contribution >= 4 is 27.6 Å². The van der Waals surface area contributed by atoms with Gasteiger partial charge in [0.15, 0.2) is 11.5 Å². The first-order valence-corrected chi connectivity index (χ1v) is 10.6. The second kappa shape index (κ2) is 8.03. The number of H-pyrrole nitrogens is 1. The monoisotopic (exact) mass is 432 g/mol. The summed E-state index contributed by atoms with van der Waals surface area (Å²) in [6, 6.07) is 5.21. The first-order chi connectivity index (χ1) is 15.6. The van der Waals surface area contributed by atoms with Crippen LogP contribution >= 0.6 is 0 Å². The number of nitrogens with zero attached hydrogens (tertiary/aromatic N) is 3. The summed E-state index contributed by atoms with van der Waals surface area (Å²) in [6.45, 7) is 1.42. The molecule has 4 heterocycles. The van der Waals surface area contributed by atoms with Crippen LogP contribution in [-0.2, 0) is 0 Å². The molecule has 4 aromatic rings. The maximum Gasteiger partial charge on any atom is 0.263 e. The summed E-state index contributed by atoms with van der Waals surface area (Å²) in [5.41, 5.74) is 1.71. The van der Waals surface area contributed by atoms with Crippen molar-refractivity contribution in [3.05, 3.63) is 58.9 Å². The van der Waals surface area contributed by atoms with Crippen LogP contribution in [0.25, 0.3) is 27.4 Å². The van der Waals surface area contributed by atoms with Crippen LogP contribution in [0.3, 0.4) is 0 Å². The zero-order valence-corrected chi connectivity index (χ0v) is 18.1. The maximum atomic E-state index is 13.6. The Balaban J connectivity index is 1.81. The van der Waals surface area contributed by atoms with E-state index in [2.05, 4.69) is 9.97 Å². The lowest BCUT2D eigenvalue weighted by Gasteiger charge is -2.27. The SMILES string of the molecule is COc1cc2c(C(=O)N3CCCCC3)cn(-c3c[nH]c4ccncc34)c(=O)c2cc1OC. The molecule has 1 N–H and O–H groups in total. The van der Waals surface area contributed by atoms with Gasteiger partial charge in [0, 0.05) is 48.6 Å². The summed E-state index contributed by atoms with van der Waals surface area (Å²) in [7, 11) is 3.06. The predicted molar refractivity (Wildman–Crippen MR) is 122 cm³/mol. The Labute approximate surface area is 184 Å². The molecule has 1 saturated heterocycles. The second-order valence-corrected chi connectivity index (χ2v) is 7.92. The third-order valence-electron chi connectivity index (χ3n) is 6.12. The average Bonchev–Trinajstić information content (AvgIpc) is 3.27. The third kappa shape index (κ3) is 3.19. The summed E-state index contributed by atoms with van der Waals surface area (Å²) in [5.74, 6) is 0.821. The Morgan fingerprint density at radius 1 is 1.03 bits per heavy atom. The molecule has 0 radical (unpaired) electrons. The molecule has 0 spiro atoms. The molecule has 1 amide bonds. The van der Waals surface area contributed by atoms with Gasteiger partial charge in [-0.1, -0.05) is 0 Å². The Bertz CT molecular complexity index is 1380. The van der Waals surface area contributed by atoms with Crippen molar-refractivity contribution in [1.29, 1.82) is 0 Å². The van der Waals surface area contributed by atoms with Crippen molar-refractivity contribution in [3.8, 4) is 17.2 Å². The molecule has 1 fully saturated rings. The van der Waals surface area contributed by atoms with Crippen molar-refractivity contribution in [2.24, 2.45) is 0 Å². The number of pyridine rings is 2. The highest BCUT2D eigenvalue weighted by Gasteiger charge is 2.24. The highest BCUT2D eigenvalue weighted by atomic mass is 16.5. The van der Waals surface area contributed by atoms with E-state index < -0.39 is 0 Å². The van der Waals surface area contributed by atoms with E-state index in [-0.39, 0.29) is 11.5 Å². The molecule has 8 nitrogen and oxygen atoms in total. The molecule has 0 atom stereocenters. The number of hydrogen-bond donors (Lipinski definition) is 1. The van der Waals surface area contributed by atoms with Gasteiger partial charge in [-0.15, -0.1) is 0 Å². The van der Waals surface area contributed by atoms with Gasteiger partial charge < -0.3 is 19.4 Å². The lowest BCUT2D eigenvalue weighted by atomic mass is 10.0. The van der Waals surface area contributed by atoms with Crippen LogP contribution in [0.2, 0.25) is 0 Å². The van der Waals surface area contributed by atoms with Crippen LogP contribution in [0.15, 0.2) is 47.8 Å². The summed E-state index contributed by atoms with van der Waals surface area (Å²) >= 11 is 0. The minimum atomic E-state index is -0.249. The fourth-order valence-electron chi connectivity index (χ4n) is 4.43. The summed E-state index contributed by atoms with van der Waals surface area (Å²) in [6.07, 6.45) is 9.88. The number of fused-ring (bicyclic) bond motifs is 2. The van der Waals surface area contributed by atoms with E-state index in [0.29, 0.717) is 46.6 Å². The lowest BCUT2D eigenvalue weighted by molar-refractivity contribution is 0.0725. The first-order valence-electron chi connectivity index (χ1n) is 10.6. The van der Waals surface area contributed by atoms with Crippen LogP contribution < -0.4 is 15.0 Å². The van der Waals surface area contributed by atoms with E-state index >= 15 is 0 Å². The smallest absolute Gasteiger partial charge is 0.263 e. The second-order valence-electron chi connectivity index (χ2n) is 7.92. The van der Waals surface area contributed by atoms with E-state index in [1.807, 2.05) is 11.0 Å². The van der Waals surface area contributed by atoms with Gasteiger partial charge in [-0.2, -0.15) is 0 Å². The number of amides is 1. The number of nitrogens with one attached hydrogen (secondary N) is 1. The van der Waals surface area contributed by atoms with E-state index in [9.17, 15) is 9.59 Å². The number of aromatic amines is 1. The average molecular weight is 432 g/mol. The minimum absolute atomic E-state index is 0.0892. The van der Waals surface area contributed by atoms with Crippen molar-refractivity contribution in [2.45, 2.75) is 19.3 Å². The normalized spacial score (nSPS) is 14.1. The van der Waals surface area contributed by atoms with Gasteiger partial charge in [0.05, 0.1) is 36.4 Å². The number of piperidine rings is 1. The largest absolute Gasteiger partial charge is 0.493 e. The summed E-state index contributed by atoms with van der Waals surface area (Å²) in [5, 5.41) is 1.74. The van der Waals surface area contributed by atoms with Crippen LogP contribution in [0.5, 0.6) is 11.5 Å². The molecule has 1 aliphatic heterocycles. The quantitative estimate of drug-likeness (QED) is 0.533. The molecule has 0 bridgehead atoms. The van der Waals surface area contributed by atoms with Crippen molar-refractivity contribution in [3.63, 3.8) is 0 Å². The fraction of sp³-hybridized carbons (Fsp3) is 0.292. The number of hydrogen-bond acceptors (Lipinski definition) is 5. The summed E-state index contributed by atoms with van der Waals surface area (Å²) in [4.78, 5) is 36.4. The van der Waals surface area contributed by atoms with Gasteiger partial charge in [-0.05, 0) is 37.5 Å². The van der Waals surface area contributed by atoms with Crippen LogP contribution in [0.4, 0.5) is 0 Å². The van der Waals surface area contributed by atoms with Crippen LogP contribution in [0, 0.1) is 0 Å². The van der Waals surface area contributed by atoms with E-state index in [1.165, 1.54) is 18.8 Å². The number of ether oxygens (including phenoxy) is 2. The molecule has 8 heteroatoms. The Morgan fingerprint density at radius 2 is 1.75 bits per heavy atom. The number of benzene rings is 1. The summed E-state index contributed by atoms with van der Waals surface area (Å²) < 4.78 is 12.4. The number of rotatable bonds is 4. The van der Waals surface area contributed by atoms with Crippen LogP contribution in [-0.4, -0.2) is 52.7 Å². The minimum Gasteiger partial charge on any atom is -0.493 e. The lowest BCUT2D eigenvalue weighted by Crippen LogP contribution is -2.36. The van der Waals surface area contributed by atoms with Gasteiger partial charge in [-0.25, -0.2) is 0 Å². The van der Waals surface area contributed by atoms with Gasteiger partial charge in [0.25, 0.3) is 11.5 Å². The zero-order valence-electron chi connectivity index (χ0n) is 18.1. The van der Waals surface area contributed by atoms with E-state index in [4.69, 9.17) is 9.47 Å². The predicted octanol–water partition coefficient (Wildman–Crippen LogP) is 3.51. The van der Waals surface area contributed by atoms with Crippen molar-refractivity contribution < 1.29 is 14.3 Å². The maximum absolute atomic E-state index is 13.6. The zero-order chi connectivity index (χ0) is 22.2. The number of carbonyl (C=O) groups is 1. The van der Waals surface area contributed by atoms with E-state index in [1.54, 1.807) is 36.9 Å². The molecule has 0 aliphatic carbocycles. The number of carbonyl (C=O) groups excluding carboxylic acids is 1. The molecule has 164 valence electrons. The number of aromatic nitrogens is 3. The highest BCUT2D eigenvalue weighted by Crippen LogP contribution is 2.33. The molecular formula is C24H24N4O4. The molecule has 32 heavy (non-hydrogen) atoms. The molecular weight excluding hydrogens is 408 g/mol. The third-order valence-corrected chi connectivity index (χ3v) is 6.12. The van der Waals surface area contributed by atoms with Crippen molar-refractivity contribution in [1.82, 2.24) is 19.4 Å². The topological polar surface area (TPSA) is 89.5 Å². The standard InChI is InChI=1S/C24H24N4O4/c1-31-21-10-15-16(11-22(21)32-2)24(30)28(20-13-26-19-6-7-25-12-17(19)20)14-18(15)23(29)27-8-4-3-5-9-27/h6-7,10-14,26H,3-5,8-9H2,1-2H3. The molecule has 0 unspecified atom stereocenters. The number of methoxy groups -OCH3 is 2. The van der Waals surface area contributed by atoms with Gasteiger partial charge in [0.1, 0.15) is 0 Å². The molecule has 3 aromatic heterocycles. The molecule has 1 aliphatic rings. The molecule has 0 saturated carbocycles. The Kier molecular flexibility index (Phi) is 5.05. The highest BCUT2D eigenvalue weighted by molar-refractivity contribution is 6.07. The van der Waals surface area contributed by atoms with Gasteiger partial charge >= 0.3 is 0 Å². The molecule has 1 aromatic carbocycles. The molecule has 5 rings (SSSR count). The van der Waals surface area contributed by atoms with Gasteiger partial charge in [-0.3, -0.25) is 19.1 Å². The van der Waals surface area contributed by atoms with Crippen molar-refractivity contribution in [2.75, 3.05) is 27.3 Å². The van der Waals surface area contributed by atoms with Crippen LogP contribution in [0.1, 0.15) is 29.6 Å². The Morgan fingerprint density at radius 3 is 2.47 bits per heavy atom. The van der Waals surface area contributed by atoms with Gasteiger partial charge in [0.2, 0.25) is 0 Å².